The molecule has 1 fully saturated rings. The molecule has 4 amide bonds. The van der Waals surface area contributed by atoms with Crippen molar-refractivity contribution in [1.82, 2.24) is 40.4 Å². The molecule has 1 atom stereocenters. The average Bonchev–Trinajstić information content (AvgIpc) is 3.82. The second-order valence-corrected chi connectivity index (χ2v) is 14.7. The Kier molecular flexibility index (Phi) is 10.9. The van der Waals surface area contributed by atoms with Gasteiger partial charge in [-0.25, -0.2) is 23.1 Å². The summed E-state index contributed by atoms with van der Waals surface area (Å²) in [4.78, 5) is 59.6. The smallest absolute Gasteiger partial charge is 0.270 e. The van der Waals surface area contributed by atoms with Crippen LogP contribution in [-0.4, -0.2) is 76.2 Å². The molecule has 1 saturated heterocycles. The van der Waals surface area contributed by atoms with Gasteiger partial charge in [0.1, 0.15) is 6.04 Å². The molecule has 2 aliphatic rings. The lowest BCUT2D eigenvalue weighted by Crippen LogP contribution is -2.52. The molecule has 0 radical (unpaired) electrons. The molecule has 7 rings (SSSR count). The van der Waals surface area contributed by atoms with Gasteiger partial charge in [0, 0.05) is 48.2 Å². The zero-order chi connectivity index (χ0) is 39.2. The van der Waals surface area contributed by atoms with E-state index in [0.717, 1.165) is 5.56 Å². The van der Waals surface area contributed by atoms with Gasteiger partial charge in [-0.15, -0.1) is 10.2 Å². The lowest BCUT2D eigenvalue weighted by Gasteiger charge is -2.29. The number of piperidine rings is 1. The van der Waals surface area contributed by atoms with Crippen molar-refractivity contribution in [3.05, 3.63) is 95.7 Å². The number of rotatable bonds is 12. The van der Waals surface area contributed by atoms with E-state index in [-0.39, 0.29) is 78.9 Å². The summed E-state index contributed by atoms with van der Waals surface area (Å²) in [6.07, 6.45) is 2.95. The lowest BCUT2D eigenvalue weighted by atomic mass is 10.0. The van der Waals surface area contributed by atoms with Crippen LogP contribution in [-0.2, 0) is 31.0 Å². The Morgan fingerprint density at radius 2 is 1.75 bits per heavy atom. The van der Waals surface area contributed by atoms with Crippen molar-refractivity contribution in [2.24, 2.45) is 0 Å². The summed E-state index contributed by atoms with van der Waals surface area (Å²) >= 11 is 0. The topological polar surface area (TPSA) is 232 Å². The van der Waals surface area contributed by atoms with Crippen LogP contribution in [0.15, 0.2) is 88.3 Å². The number of amides is 4. The van der Waals surface area contributed by atoms with Crippen LogP contribution < -0.4 is 21.1 Å². The standard InChI is InChI=1S/C39H35N9O7S/c40-35-34(38-47-46-37(55-38)26-8-2-1-3-9-26)44-30(22-42-35)25-14-16-27(17-15-25)56(53,54)43-21-5-4-13-32(49)41-20-7-11-24-10-6-12-28-29(24)23-48(39(28)52)31-18-19-33(50)45-36(31)51/h1-3,6,8-10,12,14-17,22,31,43H,4-5,13,18-21,23H2,(H2,40,42)(H,41,49)(H,45,50,51). The minimum Gasteiger partial charge on any atom is -0.414 e. The van der Waals surface area contributed by atoms with E-state index in [1.54, 1.807) is 30.3 Å². The van der Waals surface area contributed by atoms with Gasteiger partial charge in [-0.1, -0.05) is 48.2 Å². The minimum absolute atomic E-state index is 0.0581. The zero-order valence-electron chi connectivity index (χ0n) is 29.8. The van der Waals surface area contributed by atoms with E-state index >= 15 is 0 Å². The number of benzene rings is 3. The number of hydrogen-bond donors (Lipinski definition) is 4. The maximum absolute atomic E-state index is 13.0. The lowest BCUT2D eigenvalue weighted by molar-refractivity contribution is -0.137. The fraction of sp³-hybridized carbons (Fsp3) is 0.231. The SMILES string of the molecule is Nc1ncc(-c2ccc(S(=O)(=O)NCCCCC(=O)NCC#Cc3cccc4c3CN(C3CCC(=O)NC3=O)C4=O)cc2)nc1-c1nnc(-c2ccccc2)o1. The molecular formula is C39H35N9O7S. The second kappa shape index (κ2) is 16.3. The highest BCUT2D eigenvalue weighted by Gasteiger charge is 2.39. The molecule has 5 N–H and O–H groups in total. The summed E-state index contributed by atoms with van der Waals surface area (Å²) < 4.78 is 34.3. The van der Waals surface area contributed by atoms with Crippen molar-refractivity contribution in [1.29, 1.82) is 0 Å². The Bertz CT molecular complexity index is 2500. The first kappa shape index (κ1) is 37.5. The Hall–Kier alpha value is -6.77. The number of carbonyl (C=O) groups is 4. The Morgan fingerprint density at radius 1 is 0.964 bits per heavy atom. The molecule has 2 aliphatic heterocycles. The molecule has 0 saturated carbocycles. The minimum atomic E-state index is -3.82. The third kappa shape index (κ3) is 8.31. The van der Waals surface area contributed by atoms with Crippen molar-refractivity contribution in [3.8, 4) is 46.1 Å². The molecule has 3 aromatic carbocycles. The van der Waals surface area contributed by atoms with Gasteiger partial charge in [-0.2, -0.15) is 0 Å². The van der Waals surface area contributed by atoms with Crippen LogP contribution in [0.5, 0.6) is 0 Å². The summed E-state index contributed by atoms with van der Waals surface area (Å²) in [7, 11) is -3.82. The van der Waals surface area contributed by atoms with Gasteiger partial charge in [-0.05, 0) is 61.2 Å². The molecule has 5 aromatic rings. The number of sulfonamides is 1. The molecule has 284 valence electrons. The highest BCUT2D eigenvalue weighted by atomic mass is 32.2. The van der Waals surface area contributed by atoms with Crippen molar-refractivity contribution in [2.75, 3.05) is 18.8 Å². The first-order chi connectivity index (χ1) is 27.1. The van der Waals surface area contributed by atoms with Crippen LogP contribution in [0.2, 0.25) is 0 Å². The first-order valence-electron chi connectivity index (χ1n) is 17.7. The maximum atomic E-state index is 13.0. The van der Waals surface area contributed by atoms with Crippen LogP contribution in [0, 0.1) is 11.8 Å². The Balaban J connectivity index is 0.858. The number of carbonyl (C=O) groups excluding carboxylic acids is 4. The Morgan fingerprint density at radius 3 is 2.54 bits per heavy atom. The van der Waals surface area contributed by atoms with Crippen LogP contribution in [0.25, 0.3) is 34.3 Å². The van der Waals surface area contributed by atoms with Gasteiger partial charge in [0.15, 0.2) is 11.5 Å². The van der Waals surface area contributed by atoms with Crippen LogP contribution >= 0.6 is 0 Å². The number of nitrogens with two attached hydrogens (primary N) is 1. The summed E-state index contributed by atoms with van der Waals surface area (Å²) in [5, 5.41) is 13.2. The molecule has 0 bridgehead atoms. The predicted molar refractivity (Wildman–Crippen MR) is 202 cm³/mol. The molecule has 0 aliphatic carbocycles. The molecule has 1 unspecified atom stereocenters. The number of anilines is 1. The maximum Gasteiger partial charge on any atom is 0.270 e. The van der Waals surface area contributed by atoms with Gasteiger partial charge in [0.2, 0.25) is 33.6 Å². The number of imide groups is 1. The van der Waals surface area contributed by atoms with E-state index in [4.69, 9.17) is 10.2 Å². The van der Waals surface area contributed by atoms with E-state index in [9.17, 15) is 27.6 Å². The second-order valence-electron chi connectivity index (χ2n) is 13.0. The number of nitrogens with one attached hydrogen (secondary N) is 3. The average molecular weight is 774 g/mol. The van der Waals surface area contributed by atoms with Gasteiger partial charge in [-0.3, -0.25) is 24.5 Å². The fourth-order valence-electron chi connectivity index (χ4n) is 6.29. The number of hydrogen-bond acceptors (Lipinski definition) is 12. The third-order valence-electron chi connectivity index (χ3n) is 9.21. The van der Waals surface area contributed by atoms with Crippen molar-refractivity contribution in [3.63, 3.8) is 0 Å². The van der Waals surface area contributed by atoms with Gasteiger partial charge in [0.05, 0.1) is 23.3 Å². The van der Waals surface area contributed by atoms with E-state index in [2.05, 4.69) is 47.4 Å². The molecule has 0 spiro atoms. The molecular weight excluding hydrogens is 739 g/mol. The largest absolute Gasteiger partial charge is 0.414 e. The van der Waals surface area contributed by atoms with Crippen LogP contribution in [0.4, 0.5) is 5.82 Å². The monoisotopic (exact) mass is 773 g/mol. The van der Waals surface area contributed by atoms with Crippen molar-refractivity contribution < 1.29 is 32.0 Å². The predicted octanol–water partition coefficient (Wildman–Crippen LogP) is 2.82. The molecule has 16 nitrogen and oxygen atoms in total. The number of unbranched alkanes of at least 4 members (excludes halogenated alkanes) is 1. The van der Waals surface area contributed by atoms with Gasteiger partial charge in [0.25, 0.3) is 11.8 Å². The third-order valence-corrected chi connectivity index (χ3v) is 10.7. The highest BCUT2D eigenvalue weighted by Crippen LogP contribution is 2.30. The van der Waals surface area contributed by atoms with Gasteiger partial charge < -0.3 is 20.4 Å². The van der Waals surface area contributed by atoms with Crippen LogP contribution in [0.3, 0.4) is 0 Å². The van der Waals surface area contributed by atoms with Crippen LogP contribution in [0.1, 0.15) is 53.6 Å². The number of fused-ring (bicyclic) bond motifs is 1. The highest BCUT2D eigenvalue weighted by molar-refractivity contribution is 7.89. The summed E-state index contributed by atoms with van der Waals surface area (Å²) in [6, 6.07) is 19.8. The molecule has 17 heteroatoms. The normalized spacial score (nSPS) is 15.2. The van der Waals surface area contributed by atoms with E-state index < -0.39 is 22.0 Å². The Labute approximate surface area is 321 Å². The van der Waals surface area contributed by atoms with E-state index in [0.29, 0.717) is 46.7 Å². The van der Waals surface area contributed by atoms with Crippen molar-refractivity contribution >= 4 is 39.5 Å². The number of aromatic nitrogens is 4. The first-order valence-corrected chi connectivity index (χ1v) is 19.2. The molecule has 2 aromatic heterocycles. The zero-order valence-corrected chi connectivity index (χ0v) is 30.6. The van der Waals surface area contributed by atoms with Crippen molar-refractivity contribution in [2.45, 2.75) is 49.6 Å². The molecule has 56 heavy (non-hydrogen) atoms. The summed E-state index contributed by atoms with van der Waals surface area (Å²) in [5.74, 6) is 5.05. The number of nitrogens with zero attached hydrogens (tertiary/aromatic N) is 5. The van der Waals surface area contributed by atoms with Gasteiger partial charge >= 0.3 is 0 Å². The van der Waals surface area contributed by atoms with E-state index in [1.807, 2.05) is 30.3 Å². The van der Waals surface area contributed by atoms with E-state index in [1.165, 1.54) is 23.2 Å². The quantitative estimate of drug-likeness (QED) is 0.0815. The fourth-order valence-corrected chi connectivity index (χ4v) is 7.36. The summed E-state index contributed by atoms with van der Waals surface area (Å²) in [5.41, 5.74) is 9.80. The summed E-state index contributed by atoms with van der Waals surface area (Å²) in [6.45, 7) is 0.407. The number of nitrogen functional groups attached to an aromatic ring is 1. The molecule has 4 heterocycles.